The van der Waals surface area contributed by atoms with Gasteiger partial charge in [0.15, 0.2) is 0 Å². The average Bonchev–Trinajstić information content (AvgIpc) is 3.86. The summed E-state index contributed by atoms with van der Waals surface area (Å²) in [5.74, 6) is 2.17. The van der Waals surface area contributed by atoms with Gasteiger partial charge in [-0.3, -0.25) is 9.59 Å². The summed E-state index contributed by atoms with van der Waals surface area (Å²) in [6.45, 7) is 16.6. The van der Waals surface area contributed by atoms with Crippen molar-refractivity contribution in [3.63, 3.8) is 0 Å². The van der Waals surface area contributed by atoms with Crippen LogP contribution in [0.2, 0.25) is 10.0 Å². The molecule has 4 atom stereocenters. The van der Waals surface area contributed by atoms with Crippen LogP contribution in [0, 0.1) is 23.2 Å². The number of imidazole rings is 1. The fourth-order valence-electron chi connectivity index (χ4n) is 10.3. The Morgan fingerprint density at radius 2 is 1.70 bits per heavy atom. The largest absolute Gasteiger partial charge is 0.491 e. The summed E-state index contributed by atoms with van der Waals surface area (Å²) < 4.78 is 27.3. The maximum atomic E-state index is 13.5. The van der Waals surface area contributed by atoms with Gasteiger partial charge in [0.25, 0.3) is 0 Å². The summed E-state index contributed by atoms with van der Waals surface area (Å²) >= 11 is 12.8. The van der Waals surface area contributed by atoms with Crippen LogP contribution in [0.3, 0.4) is 0 Å². The number of nitrogens with zero attached hydrogens (tertiary/aromatic N) is 4. The van der Waals surface area contributed by atoms with Gasteiger partial charge < -0.3 is 38.6 Å². The van der Waals surface area contributed by atoms with E-state index in [9.17, 15) is 9.59 Å². The molecule has 2 aliphatic heterocycles. The first kappa shape index (κ1) is 44.7. The quantitative estimate of drug-likeness (QED) is 0.152. The number of hydrogen-bond acceptors (Lipinski definition) is 8. The minimum Gasteiger partial charge on any atom is -0.491 e. The van der Waals surface area contributed by atoms with Crippen molar-refractivity contribution >= 4 is 40.7 Å². The Labute approximate surface area is 366 Å². The predicted molar refractivity (Wildman–Crippen MR) is 235 cm³/mol. The summed E-state index contributed by atoms with van der Waals surface area (Å²) in [5, 5.41) is 4.27. The van der Waals surface area contributed by atoms with E-state index in [1.807, 2.05) is 61.6 Å². The number of benzene rings is 2. The number of amides is 2. The zero-order chi connectivity index (χ0) is 42.7. The molecule has 60 heavy (non-hydrogen) atoms. The van der Waals surface area contributed by atoms with Gasteiger partial charge in [-0.05, 0) is 119 Å². The van der Waals surface area contributed by atoms with Crippen molar-refractivity contribution in [2.24, 2.45) is 23.2 Å². The van der Waals surface area contributed by atoms with Crippen molar-refractivity contribution in [2.75, 3.05) is 50.9 Å². The second-order valence-corrected chi connectivity index (χ2v) is 20.4. The second-order valence-electron chi connectivity index (χ2n) is 19.6. The molecule has 0 spiro atoms. The summed E-state index contributed by atoms with van der Waals surface area (Å²) in [7, 11) is 0. The van der Waals surface area contributed by atoms with Gasteiger partial charge in [-0.25, -0.2) is 4.98 Å². The van der Waals surface area contributed by atoms with E-state index in [0.717, 1.165) is 55.1 Å². The van der Waals surface area contributed by atoms with Gasteiger partial charge in [-0.2, -0.15) is 0 Å². The zero-order valence-corrected chi connectivity index (χ0v) is 37.9. The van der Waals surface area contributed by atoms with E-state index in [-0.39, 0.29) is 29.8 Å². The van der Waals surface area contributed by atoms with Gasteiger partial charge in [0.2, 0.25) is 17.6 Å². The normalized spacial score (nSPS) is 27.2. The maximum absolute atomic E-state index is 13.5. The van der Waals surface area contributed by atoms with Gasteiger partial charge in [-0.1, -0.05) is 49.5 Å². The van der Waals surface area contributed by atoms with Crippen LogP contribution >= 0.6 is 23.2 Å². The highest BCUT2D eigenvalue weighted by Crippen LogP contribution is 2.52. The third-order valence-corrected chi connectivity index (χ3v) is 13.6. The van der Waals surface area contributed by atoms with Crippen LogP contribution in [0.1, 0.15) is 98.5 Å². The second kappa shape index (κ2) is 18.6. The molecule has 1 aromatic heterocycles. The Kier molecular flexibility index (Phi) is 13.8. The average molecular weight is 867 g/mol. The van der Waals surface area contributed by atoms with Gasteiger partial charge in [0.1, 0.15) is 18.5 Å². The summed E-state index contributed by atoms with van der Waals surface area (Å²) in [4.78, 5) is 35.3. The van der Waals surface area contributed by atoms with Gasteiger partial charge in [0.05, 0.1) is 48.7 Å². The molecule has 11 nitrogen and oxygen atoms in total. The standard InChI is InChI=1S/C47H65Cl2N5O6/c1-7-33-20-34-22-35(21-33)25-46(6,24-34)26-42(55)51-44(2,3)31-59-45(4,5)27-43(56)54-18-16-53(17-19-54)37-9-11-38(12-10-37)57-28-39-29-58-47(60-39,30-52-15-14-50-32-52)40-13-8-36(48)23-41(40)49/h8-15,23,32-35,39H,7,16-22,24-31H2,1-6H3,(H,51,55)/t33?,34?,35?,39-,46?,47-/m0/s1. The number of hydrogen-bond donors (Lipinski definition) is 1. The van der Waals surface area contributed by atoms with Crippen molar-refractivity contribution < 1.29 is 28.5 Å². The summed E-state index contributed by atoms with van der Waals surface area (Å²) in [6, 6.07) is 13.3. The fourth-order valence-corrected chi connectivity index (χ4v) is 10.8. The van der Waals surface area contributed by atoms with E-state index >= 15 is 0 Å². The number of piperazine rings is 1. The van der Waals surface area contributed by atoms with Crippen molar-refractivity contribution in [1.82, 2.24) is 19.8 Å². The van der Waals surface area contributed by atoms with E-state index in [0.29, 0.717) is 61.5 Å². The smallest absolute Gasteiger partial charge is 0.225 e. The fraction of sp³-hybridized carbons (Fsp3) is 0.638. The van der Waals surface area contributed by atoms with Crippen LogP contribution in [0.4, 0.5) is 5.69 Å². The molecule has 4 aliphatic rings. The third kappa shape index (κ3) is 11.4. The van der Waals surface area contributed by atoms with Crippen LogP contribution in [0.5, 0.6) is 5.75 Å². The Morgan fingerprint density at radius 1 is 0.983 bits per heavy atom. The molecular weight excluding hydrogens is 801 g/mol. The molecule has 2 saturated carbocycles. The molecule has 2 unspecified atom stereocenters. The lowest BCUT2D eigenvalue weighted by Crippen LogP contribution is -2.52. The van der Waals surface area contributed by atoms with Gasteiger partial charge >= 0.3 is 0 Å². The van der Waals surface area contributed by atoms with Crippen LogP contribution in [-0.4, -0.2) is 89.5 Å². The number of nitrogens with one attached hydrogen (secondary N) is 1. The number of halogens is 2. The first-order chi connectivity index (χ1) is 28.5. The Morgan fingerprint density at radius 3 is 2.35 bits per heavy atom. The Bertz CT molecular complexity index is 1900. The van der Waals surface area contributed by atoms with E-state index in [1.165, 1.54) is 25.7 Å². The van der Waals surface area contributed by atoms with Crippen molar-refractivity contribution in [2.45, 2.75) is 122 Å². The first-order valence-electron chi connectivity index (χ1n) is 21.9. The number of ether oxygens (including phenoxy) is 4. The molecule has 4 fully saturated rings. The van der Waals surface area contributed by atoms with Crippen molar-refractivity contribution in [3.8, 4) is 5.75 Å². The maximum Gasteiger partial charge on any atom is 0.225 e. The number of anilines is 1. The third-order valence-electron chi connectivity index (χ3n) is 13.0. The molecule has 2 aromatic carbocycles. The van der Waals surface area contributed by atoms with Crippen LogP contribution in [-0.2, 0) is 36.1 Å². The molecule has 2 aliphatic carbocycles. The number of fused-ring (bicyclic) bond motifs is 2. The monoisotopic (exact) mass is 865 g/mol. The molecule has 328 valence electrons. The van der Waals surface area contributed by atoms with E-state index in [4.69, 9.17) is 42.1 Å². The SMILES string of the molecule is CCC1CC2CC(C1)CC(C)(CC(=O)NC(C)(C)COC(C)(C)CC(=O)N1CCN(c3ccc(OC[C@H]4CO[C@](Cn5ccnc5)(c5ccc(Cl)cc5Cl)O4)cc3)CC1)C2. The first-order valence-corrected chi connectivity index (χ1v) is 22.7. The molecule has 7 rings (SSSR count). The topological polar surface area (TPSA) is 107 Å². The lowest BCUT2D eigenvalue weighted by molar-refractivity contribution is -0.189. The van der Waals surface area contributed by atoms with Crippen molar-refractivity contribution in [1.29, 1.82) is 0 Å². The zero-order valence-electron chi connectivity index (χ0n) is 36.4. The number of carbonyl (C=O) groups is 2. The highest BCUT2D eigenvalue weighted by atomic mass is 35.5. The molecule has 3 heterocycles. The molecule has 13 heteroatoms. The Balaban J connectivity index is 0.829. The highest BCUT2D eigenvalue weighted by Gasteiger charge is 2.46. The Hall–Kier alpha value is -3.35. The number of rotatable bonds is 16. The molecule has 1 N–H and O–H groups in total. The minimum atomic E-state index is -1.12. The van der Waals surface area contributed by atoms with Crippen LogP contribution in [0.25, 0.3) is 0 Å². The van der Waals surface area contributed by atoms with Crippen LogP contribution < -0.4 is 15.0 Å². The molecule has 2 bridgehead atoms. The van der Waals surface area contributed by atoms with E-state index in [1.54, 1.807) is 24.7 Å². The number of carbonyl (C=O) groups excluding carboxylic acids is 2. The summed E-state index contributed by atoms with van der Waals surface area (Å²) in [6.07, 6.45) is 13.4. The number of aromatic nitrogens is 2. The van der Waals surface area contributed by atoms with Gasteiger partial charge in [-0.15, -0.1) is 0 Å². The molecule has 2 saturated heterocycles. The molecule has 3 aromatic rings. The molecule has 2 amide bonds. The van der Waals surface area contributed by atoms with Gasteiger partial charge in [0, 0.05) is 61.3 Å². The van der Waals surface area contributed by atoms with Crippen molar-refractivity contribution in [3.05, 3.63) is 76.8 Å². The molecular formula is C47H65Cl2N5O6. The van der Waals surface area contributed by atoms with Crippen LogP contribution in [0.15, 0.2) is 61.2 Å². The molecule has 0 radical (unpaired) electrons. The lowest BCUT2D eigenvalue weighted by Gasteiger charge is -2.48. The van der Waals surface area contributed by atoms with E-state index in [2.05, 4.69) is 41.2 Å². The highest BCUT2D eigenvalue weighted by molar-refractivity contribution is 6.35. The predicted octanol–water partition coefficient (Wildman–Crippen LogP) is 8.90. The van der Waals surface area contributed by atoms with E-state index < -0.39 is 16.9 Å². The summed E-state index contributed by atoms with van der Waals surface area (Å²) in [5.41, 5.74) is 0.616. The minimum absolute atomic E-state index is 0.0648. The lowest BCUT2D eigenvalue weighted by atomic mass is 9.58.